The molecule has 1 aromatic carbocycles. The lowest BCUT2D eigenvalue weighted by Crippen LogP contribution is -2.32. The van der Waals surface area contributed by atoms with Gasteiger partial charge >= 0.3 is 6.03 Å². The highest BCUT2D eigenvalue weighted by atomic mass is 16.2. The van der Waals surface area contributed by atoms with Crippen molar-refractivity contribution in [1.82, 2.24) is 5.32 Å². The molecule has 1 saturated carbocycles. The fraction of sp³-hybridized carbons (Fsp3) is 0.385. The van der Waals surface area contributed by atoms with Crippen LogP contribution in [0.4, 0.5) is 16.2 Å². The number of hydrogen-bond donors (Lipinski definition) is 4. The number of benzene rings is 1. The van der Waals surface area contributed by atoms with E-state index in [1.165, 1.54) is 0 Å². The van der Waals surface area contributed by atoms with Crippen LogP contribution in [0.1, 0.15) is 19.8 Å². The van der Waals surface area contributed by atoms with Crippen LogP contribution in [0.2, 0.25) is 0 Å². The Bertz CT molecular complexity index is 466. The summed E-state index contributed by atoms with van der Waals surface area (Å²) in [6, 6.07) is 6.45. The summed E-state index contributed by atoms with van der Waals surface area (Å²) in [4.78, 5) is 22.9. The van der Waals surface area contributed by atoms with Gasteiger partial charge in [0, 0.05) is 17.4 Å². The van der Waals surface area contributed by atoms with Crippen molar-refractivity contribution in [1.29, 1.82) is 0 Å². The molecular weight excluding hydrogens is 244 g/mol. The lowest BCUT2D eigenvalue weighted by Gasteiger charge is -2.09. The van der Waals surface area contributed by atoms with Crippen molar-refractivity contribution < 1.29 is 9.59 Å². The molecule has 1 atom stereocenters. The first-order chi connectivity index (χ1) is 9.04. The van der Waals surface area contributed by atoms with E-state index in [9.17, 15) is 9.59 Å². The lowest BCUT2D eigenvalue weighted by molar-refractivity contribution is -0.117. The number of rotatable bonds is 4. The molecule has 0 saturated heterocycles. The molecule has 0 unspecified atom stereocenters. The number of carbonyl (C=O) groups excluding carboxylic acids is 2. The van der Waals surface area contributed by atoms with E-state index >= 15 is 0 Å². The first-order valence-electron chi connectivity index (χ1n) is 6.28. The Hall–Kier alpha value is -2.08. The molecule has 102 valence electrons. The SMILES string of the molecule is C[C@@H](N)C(=O)Nc1ccc(NC(=O)NC2CC2)cc1. The first-order valence-corrected chi connectivity index (χ1v) is 6.28. The van der Waals surface area contributed by atoms with Gasteiger partial charge in [0.1, 0.15) is 0 Å². The molecule has 1 aliphatic rings. The quantitative estimate of drug-likeness (QED) is 0.657. The molecule has 0 aliphatic heterocycles. The molecule has 6 nitrogen and oxygen atoms in total. The van der Waals surface area contributed by atoms with Crippen LogP contribution in [0.15, 0.2) is 24.3 Å². The van der Waals surface area contributed by atoms with Crippen LogP contribution in [0.3, 0.4) is 0 Å². The number of urea groups is 1. The molecule has 1 fully saturated rings. The van der Waals surface area contributed by atoms with Gasteiger partial charge in [-0.05, 0) is 44.0 Å². The molecule has 0 spiro atoms. The van der Waals surface area contributed by atoms with Gasteiger partial charge in [-0.15, -0.1) is 0 Å². The maximum atomic E-state index is 11.5. The third-order valence-corrected chi connectivity index (χ3v) is 2.74. The fourth-order valence-electron chi connectivity index (χ4n) is 1.47. The zero-order valence-corrected chi connectivity index (χ0v) is 10.8. The second-order valence-electron chi connectivity index (χ2n) is 4.73. The predicted molar refractivity (Wildman–Crippen MR) is 73.9 cm³/mol. The topological polar surface area (TPSA) is 96.2 Å². The minimum atomic E-state index is -0.554. The third-order valence-electron chi connectivity index (χ3n) is 2.74. The van der Waals surface area contributed by atoms with E-state index in [1.807, 2.05) is 0 Å². The fourth-order valence-corrected chi connectivity index (χ4v) is 1.47. The van der Waals surface area contributed by atoms with Crippen molar-refractivity contribution in [3.8, 4) is 0 Å². The maximum absolute atomic E-state index is 11.5. The normalized spacial score (nSPS) is 15.5. The van der Waals surface area contributed by atoms with Crippen molar-refractivity contribution in [2.45, 2.75) is 31.8 Å². The van der Waals surface area contributed by atoms with Gasteiger partial charge in [-0.25, -0.2) is 4.79 Å². The molecule has 0 heterocycles. The Morgan fingerprint density at radius 3 is 2.16 bits per heavy atom. The molecule has 6 heteroatoms. The summed E-state index contributed by atoms with van der Waals surface area (Å²) >= 11 is 0. The molecule has 3 amide bonds. The van der Waals surface area contributed by atoms with Gasteiger partial charge < -0.3 is 21.7 Å². The Morgan fingerprint density at radius 1 is 1.16 bits per heavy atom. The lowest BCUT2D eigenvalue weighted by atomic mass is 10.2. The van der Waals surface area contributed by atoms with Gasteiger partial charge in [0.05, 0.1) is 6.04 Å². The summed E-state index contributed by atoms with van der Waals surface area (Å²) in [7, 11) is 0. The number of anilines is 2. The van der Waals surface area contributed by atoms with Crippen LogP contribution in [0.25, 0.3) is 0 Å². The highest BCUT2D eigenvalue weighted by molar-refractivity contribution is 5.95. The van der Waals surface area contributed by atoms with Crippen LogP contribution in [-0.2, 0) is 4.79 Å². The summed E-state index contributed by atoms with van der Waals surface area (Å²) < 4.78 is 0. The van der Waals surface area contributed by atoms with Crippen molar-refractivity contribution in [3.63, 3.8) is 0 Å². The van der Waals surface area contributed by atoms with E-state index < -0.39 is 6.04 Å². The van der Waals surface area contributed by atoms with Crippen LogP contribution >= 0.6 is 0 Å². The van der Waals surface area contributed by atoms with Crippen molar-refractivity contribution >= 4 is 23.3 Å². The van der Waals surface area contributed by atoms with Gasteiger partial charge in [0.25, 0.3) is 0 Å². The summed E-state index contributed by atoms with van der Waals surface area (Å²) in [5, 5.41) is 8.23. The molecular formula is C13H18N4O2. The van der Waals surface area contributed by atoms with Crippen molar-refractivity contribution in [2.24, 2.45) is 5.73 Å². The van der Waals surface area contributed by atoms with E-state index in [-0.39, 0.29) is 11.9 Å². The summed E-state index contributed by atoms with van der Waals surface area (Å²) in [6.45, 7) is 1.62. The third kappa shape index (κ3) is 4.26. The number of nitrogens with two attached hydrogens (primary N) is 1. The standard InChI is InChI=1S/C13H18N4O2/c1-8(14)12(18)15-9-2-4-10(5-3-9)16-13(19)17-11-6-7-11/h2-5,8,11H,6-7,14H2,1H3,(H,15,18)(H2,16,17,19)/t8-/m1/s1. The minimum Gasteiger partial charge on any atom is -0.335 e. The average molecular weight is 262 g/mol. The van der Waals surface area contributed by atoms with Gasteiger partial charge in [0.2, 0.25) is 5.91 Å². The molecule has 0 bridgehead atoms. The number of hydrogen-bond acceptors (Lipinski definition) is 3. The Kier molecular flexibility index (Phi) is 4.01. The van der Waals surface area contributed by atoms with Crippen molar-refractivity contribution in [2.75, 3.05) is 10.6 Å². The molecule has 1 aliphatic carbocycles. The molecule has 0 radical (unpaired) electrons. The summed E-state index contributed by atoms with van der Waals surface area (Å²) in [5.74, 6) is -0.243. The Labute approximate surface area is 111 Å². The highest BCUT2D eigenvalue weighted by Crippen LogP contribution is 2.19. The monoisotopic (exact) mass is 262 g/mol. The maximum Gasteiger partial charge on any atom is 0.319 e. The molecule has 19 heavy (non-hydrogen) atoms. The Morgan fingerprint density at radius 2 is 1.68 bits per heavy atom. The highest BCUT2D eigenvalue weighted by Gasteiger charge is 2.23. The van der Waals surface area contributed by atoms with Crippen LogP contribution in [-0.4, -0.2) is 24.0 Å². The average Bonchev–Trinajstić information content (AvgIpc) is 3.15. The summed E-state index contributed by atoms with van der Waals surface area (Å²) in [5.41, 5.74) is 6.78. The van der Waals surface area contributed by atoms with Gasteiger partial charge in [-0.1, -0.05) is 0 Å². The largest absolute Gasteiger partial charge is 0.335 e. The van der Waals surface area contributed by atoms with E-state index in [1.54, 1.807) is 31.2 Å². The van der Waals surface area contributed by atoms with Crippen LogP contribution in [0, 0.1) is 0 Å². The number of carbonyl (C=O) groups is 2. The molecule has 0 aromatic heterocycles. The van der Waals surface area contributed by atoms with Gasteiger partial charge in [-0.2, -0.15) is 0 Å². The molecule has 5 N–H and O–H groups in total. The van der Waals surface area contributed by atoms with E-state index in [0.29, 0.717) is 17.4 Å². The van der Waals surface area contributed by atoms with Crippen LogP contribution < -0.4 is 21.7 Å². The van der Waals surface area contributed by atoms with Gasteiger partial charge in [0.15, 0.2) is 0 Å². The second-order valence-corrected chi connectivity index (χ2v) is 4.73. The zero-order chi connectivity index (χ0) is 13.8. The molecule has 2 rings (SSSR count). The van der Waals surface area contributed by atoms with Gasteiger partial charge in [-0.3, -0.25) is 4.79 Å². The zero-order valence-electron chi connectivity index (χ0n) is 10.8. The van der Waals surface area contributed by atoms with Crippen molar-refractivity contribution in [3.05, 3.63) is 24.3 Å². The van der Waals surface area contributed by atoms with Crippen LogP contribution in [0.5, 0.6) is 0 Å². The first kappa shape index (κ1) is 13.4. The smallest absolute Gasteiger partial charge is 0.319 e. The second kappa shape index (κ2) is 5.71. The Balaban J connectivity index is 1.86. The number of amides is 3. The number of nitrogens with one attached hydrogen (secondary N) is 3. The van der Waals surface area contributed by atoms with E-state index in [2.05, 4.69) is 16.0 Å². The molecule has 1 aromatic rings. The van der Waals surface area contributed by atoms with E-state index in [0.717, 1.165) is 12.8 Å². The minimum absolute atomic E-state index is 0.199. The predicted octanol–water partition coefficient (Wildman–Crippen LogP) is 1.26. The summed E-state index contributed by atoms with van der Waals surface area (Å²) in [6.07, 6.45) is 2.10. The van der Waals surface area contributed by atoms with E-state index in [4.69, 9.17) is 5.73 Å².